The van der Waals surface area contributed by atoms with Gasteiger partial charge in [-0.3, -0.25) is 9.59 Å². The Labute approximate surface area is 260 Å². The largest absolute Gasteiger partial charge is 0.350 e. The van der Waals surface area contributed by atoms with Crippen molar-refractivity contribution in [3.8, 4) is 0 Å². The van der Waals surface area contributed by atoms with E-state index in [9.17, 15) is 18.0 Å². The Hall–Kier alpha value is -4.27. The molecule has 5 rings (SSSR count). The highest BCUT2D eigenvalue weighted by molar-refractivity contribution is 7.89. The van der Waals surface area contributed by atoms with E-state index in [0.29, 0.717) is 25.9 Å². The predicted molar refractivity (Wildman–Crippen MR) is 172 cm³/mol. The molecule has 0 saturated heterocycles. The second-order valence-corrected chi connectivity index (χ2v) is 13.2. The van der Waals surface area contributed by atoms with Gasteiger partial charge in [-0.25, -0.2) is 13.1 Å². The van der Waals surface area contributed by atoms with Crippen LogP contribution in [0.2, 0.25) is 0 Å². The molecule has 0 radical (unpaired) electrons. The number of sulfonamides is 1. The van der Waals surface area contributed by atoms with Crippen molar-refractivity contribution in [1.29, 1.82) is 0 Å². The van der Waals surface area contributed by atoms with E-state index in [1.54, 1.807) is 29.2 Å². The smallest absolute Gasteiger partial charge is 0.243 e. The summed E-state index contributed by atoms with van der Waals surface area (Å²) >= 11 is 0. The van der Waals surface area contributed by atoms with Gasteiger partial charge in [-0.2, -0.15) is 0 Å². The molecule has 1 saturated carbocycles. The SMILES string of the molecule is Cc1ccc(CNC(=O)[C@H](Cc2ccccc2)N(Cc2ccccc2)C(=O)CCc2ccc(S(=O)(=O)NC3CC3)cc2)cc1. The number of amides is 2. The van der Waals surface area contributed by atoms with Crippen molar-refractivity contribution < 1.29 is 18.0 Å². The van der Waals surface area contributed by atoms with Crippen LogP contribution in [0.25, 0.3) is 0 Å². The van der Waals surface area contributed by atoms with Crippen LogP contribution in [0.1, 0.15) is 47.1 Å². The zero-order valence-corrected chi connectivity index (χ0v) is 25.8. The van der Waals surface area contributed by atoms with E-state index >= 15 is 0 Å². The molecular weight excluding hydrogens is 570 g/mol. The maximum atomic E-state index is 14.0. The number of carbonyl (C=O) groups is 2. The molecule has 2 N–H and O–H groups in total. The Bertz CT molecular complexity index is 1640. The van der Waals surface area contributed by atoms with Gasteiger partial charge >= 0.3 is 0 Å². The molecule has 1 atom stereocenters. The number of carbonyl (C=O) groups excluding carboxylic acids is 2. The van der Waals surface area contributed by atoms with Gasteiger partial charge < -0.3 is 10.2 Å². The summed E-state index contributed by atoms with van der Waals surface area (Å²) in [7, 11) is -3.54. The summed E-state index contributed by atoms with van der Waals surface area (Å²) in [5.74, 6) is -0.358. The lowest BCUT2D eigenvalue weighted by Crippen LogP contribution is -2.50. The highest BCUT2D eigenvalue weighted by atomic mass is 32.2. The lowest BCUT2D eigenvalue weighted by Gasteiger charge is -2.31. The van der Waals surface area contributed by atoms with E-state index in [4.69, 9.17) is 0 Å². The third kappa shape index (κ3) is 8.88. The summed E-state index contributed by atoms with van der Waals surface area (Å²) in [6.07, 6.45) is 2.71. The minimum Gasteiger partial charge on any atom is -0.350 e. The van der Waals surface area contributed by atoms with Crippen LogP contribution in [0.4, 0.5) is 0 Å². The molecule has 4 aromatic rings. The Morgan fingerprint density at radius 2 is 1.36 bits per heavy atom. The maximum absolute atomic E-state index is 14.0. The van der Waals surface area contributed by atoms with Gasteiger partial charge in [-0.1, -0.05) is 103 Å². The third-order valence-corrected chi connectivity index (χ3v) is 9.35. The van der Waals surface area contributed by atoms with Gasteiger partial charge in [0.2, 0.25) is 21.8 Å². The summed E-state index contributed by atoms with van der Waals surface area (Å²) in [4.78, 5) is 29.7. The average molecular weight is 610 g/mol. The van der Waals surface area contributed by atoms with Crippen molar-refractivity contribution in [2.45, 2.75) is 69.1 Å². The number of nitrogens with one attached hydrogen (secondary N) is 2. The van der Waals surface area contributed by atoms with Gasteiger partial charge in [-0.05, 0) is 60.6 Å². The lowest BCUT2D eigenvalue weighted by molar-refractivity contribution is -0.141. The summed E-state index contributed by atoms with van der Waals surface area (Å²) in [6.45, 7) is 2.68. The Balaban J connectivity index is 1.34. The van der Waals surface area contributed by atoms with Crippen molar-refractivity contribution in [3.63, 3.8) is 0 Å². The van der Waals surface area contributed by atoms with Crippen LogP contribution < -0.4 is 10.0 Å². The van der Waals surface area contributed by atoms with Crippen LogP contribution >= 0.6 is 0 Å². The first kappa shape index (κ1) is 31.2. The van der Waals surface area contributed by atoms with Gasteiger partial charge in [0.1, 0.15) is 6.04 Å². The number of benzene rings is 4. The molecule has 4 aromatic carbocycles. The molecule has 0 aliphatic heterocycles. The number of hydrogen-bond donors (Lipinski definition) is 2. The van der Waals surface area contributed by atoms with E-state index in [0.717, 1.165) is 40.7 Å². The van der Waals surface area contributed by atoms with Crippen LogP contribution in [-0.4, -0.2) is 37.2 Å². The fraction of sp³-hybridized carbons (Fsp3) is 0.278. The normalized spacial score (nSPS) is 13.7. The van der Waals surface area contributed by atoms with E-state index in [1.165, 1.54) is 0 Å². The second kappa shape index (κ2) is 14.5. The number of rotatable bonds is 14. The molecular formula is C36H39N3O4S. The van der Waals surface area contributed by atoms with Crippen molar-refractivity contribution in [1.82, 2.24) is 14.9 Å². The topological polar surface area (TPSA) is 95.6 Å². The van der Waals surface area contributed by atoms with Gasteiger partial charge in [-0.15, -0.1) is 0 Å². The zero-order chi connectivity index (χ0) is 30.9. The van der Waals surface area contributed by atoms with Crippen LogP contribution in [0.3, 0.4) is 0 Å². The summed E-state index contributed by atoms with van der Waals surface area (Å²) < 4.78 is 27.8. The van der Waals surface area contributed by atoms with Crippen LogP contribution in [0.5, 0.6) is 0 Å². The number of hydrogen-bond acceptors (Lipinski definition) is 4. The van der Waals surface area contributed by atoms with Crippen LogP contribution in [0, 0.1) is 6.92 Å². The molecule has 0 spiro atoms. The molecule has 0 heterocycles. The van der Waals surface area contributed by atoms with E-state index < -0.39 is 16.1 Å². The van der Waals surface area contributed by atoms with Crippen molar-refractivity contribution in [3.05, 3.63) is 137 Å². The lowest BCUT2D eigenvalue weighted by atomic mass is 10.0. The number of aryl methyl sites for hydroxylation is 2. The molecule has 44 heavy (non-hydrogen) atoms. The molecule has 0 bridgehead atoms. The first-order valence-electron chi connectivity index (χ1n) is 15.1. The van der Waals surface area contributed by atoms with Crippen molar-refractivity contribution in [2.75, 3.05) is 0 Å². The highest BCUT2D eigenvalue weighted by Crippen LogP contribution is 2.23. The summed E-state index contributed by atoms with van der Waals surface area (Å²) in [5, 5.41) is 3.08. The van der Waals surface area contributed by atoms with E-state index in [2.05, 4.69) is 10.0 Å². The van der Waals surface area contributed by atoms with Gasteiger partial charge in [0, 0.05) is 32.0 Å². The summed E-state index contributed by atoms with van der Waals surface area (Å²) in [5.41, 5.74) is 4.88. The minimum atomic E-state index is -3.54. The average Bonchev–Trinajstić information content (AvgIpc) is 3.85. The van der Waals surface area contributed by atoms with Crippen molar-refractivity contribution in [2.24, 2.45) is 0 Å². The molecule has 1 fully saturated rings. The van der Waals surface area contributed by atoms with Crippen molar-refractivity contribution >= 4 is 21.8 Å². The van der Waals surface area contributed by atoms with Crippen LogP contribution in [0.15, 0.2) is 114 Å². The molecule has 1 aliphatic rings. The molecule has 2 amide bonds. The van der Waals surface area contributed by atoms with Gasteiger partial charge in [0.25, 0.3) is 0 Å². The molecule has 1 aliphatic carbocycles. The van der Waals surface area contributed by atoms with Gasteiger partial charge in [0.15, 0.2) is 0 Å². The quantitative estimate of drug-likeness (QED) is 0.202. The zero-order valence-electron chi connectivity index (χ0n) is 25.0. The second-order valence-electron chi connectivity index (χ2n) is 11.5. The molecule has 8 heteroatoms. The molecule has 228 valence electrons. The van der Waals surface area contributed by atoms with E-state index in [1.807, 2.05) is 91.9 Å². The Kier molecular flexibility index (Phi) is 10.2. The summed E-state index contributed by atoms with van der Waals surface area (Å²) in [6, 6.07) is 33.4. The standard InChI is InChI=1S/C36H39N3O4S/c1-27-12-14-30(15-13-27)25-37-36(41)34(24-29-8-4-2-5-9-29)39(26-31-10-6-3-7-11-31)35(40)23-18-28-16-21-33(22-17-28)44(42,43)38-32-19-20-32/h2-17,21-22,32,34,38H,18-20,23-26H2,1H3,(H,37,41)/t34-/m0/s1. The Morgan fingerprint density at radius 1 is 0.773 bits per heavy atom. The molecule has 7 nitrogen and oxygen atoms in total. The maximum Gasteiger partial charge on any atom is 0.243 e. The monoisotopic (exact) mass is 609 g/mol. The molecule has 0 unspecified atom stereocenters. The van der Waals surface area contributed by atoms with Crippen LogP contribution in [-0.2, 0) is 45.5 Å². The first-order chi connectivity index (χ1) is 21.3. The van der Waals surface area contributed by atoms with E-state index in [-0.39, 0.29) is 29.2 Å². The Morgan fingerprint density at radius 3 is 1.98 bits per heavy atom. The molecule has 0 aromatic heterocycles. The predicted octanol–water partition coefficient (Wildman–Crippen LogP) is 5.32. The minimum absolute atomic E-state index is 0.0332. The fourth-order valence-electron chi connectivity index (χ4n) is 5.07. The van der Waals surface area contributed by atoms with Gasteiger partial charge in [0.05, 0.1) is 4.90 Å². The highest BCUT2D eigenvalue weighted by Gasteiger charge is 2.30. The first-order valence-corrected chi connectivity index (χ1v) is 16.6. The number of nitrogens with zero attached hydrogens (tertiary/aromatic N) is 1. The third-order valence-electron chi connectivity index (χ3n) is 7.81. The fourth-order valence-corrected chi connectivity index (χ4v) is 6.37.